The van der Waals surface area contributed by atoms with Gasteiger partial charge >= 0.3 is 0 Å². The van der Waals surface area contributed by atoms with E-state index in [-0.39, 0.29) is 5.75 Å². The fourth-order valence-electron chi connectivity index (χ4n) is 5.57. The highest BCUT2D eigenvalue weighted by Crippen LogP contribution is 2.61. The average Bonchev–Trinajstić information content (AvgIpc) is 2.88. The van der Waals surface area contributed by atoms with E-state index in [1.54, 1.807) is 31.1 Å². The molecule has 244 valence electrons. The molecule has 0 unspecified atom stereocenters. The third-order valence-corrected chi connectivity index (χ3v) is 16.0. The number of unbranched alkanes of at least 4 members (excludes halogenated alkanes) is 16. The smallest absolute Gasteiger partial charge is 0.0945 e. The van der Waals surface area contributed by atoms with Crippen LogP contribution >= 0.6 is 7.26 Å². The van der Waals surface area contributed by atoms with Gasteiger partial charge in [-0.3, -0.25) is 0 Å². The lowest BCUT2D eigenvalue weighted by atomic mass is 10.0. The minimum Gasteiger partial charge on any atom is -0.748 e. The van der Waals surface area contributed by atoms with Crippen LogP contribution in [0.15, 0.2) is 0 Å². The van der Waals surface area contributed by atoms with Crippen molar-refractivity contribution in [3.63, 3.8) is 0 Å². The molecule has 0 aromatic heterocycles. The summed E-state index contributed by atoms with van der Waals surface area (Å²) < 4.78 is 30.5. The molecule has 0 aromatic carbocycles. The molecule has 0 aromatic rings. The maximum atomic E-state index is 10.2. The van der Waals surface area contributed by atoms with Crippen LogP contribution in [0, 0.1) is 0 Å². The van der Waals surface area contributed by atoms with Crippen molar-refractivity contribution >= 4 is 25.5 Å². The second kappa shape index (κ2) is 28.3. The molecule has 0 N–H and O–H groups in total. The number of rotatable bonds is 28. The zero-order valence-corrected chi connectivity index (χ0v) is 31.4. The Morgan fingerprint density at radius 2 is 0.775 bits per heavy atom. The molecular weight excluding hydrogens is 547 g/mol. The second-order valence-corrected chi connectivity index (χ2v) is 25.4. The minimum absolute atomic E-state index is 0.197. The van der Waals surface area contributed by atoms with Gasteiger partial charge in [-0.2, -0.15) is 0 Å². The standard InChI is InChI=1S/C28H60P.C6H16O3SSi/c1-5-9-13-14-15-16-17-18-19-20-21-22-23-24-28-29(25-10-6-2,26-11-7-3)27-12-8-4;1-11(2,3)6-4-5-10(7,8)9/h5-28H2,1-4H3;4-6H2,1-3H3,(H,7,8,9)/q+1;/p-1. The number of hydrogen-bond acceptors (Lipinski definition) is 3. The molecule has 0 aliphatic rings. The van der Waals surface area contributed by atoms with Gasteiger partial charge in [-0.1, -0.05) is 150 Å². The molecule has 40 heavy (non-hydrogen) atoms. The zero-order chi connectivity index (χ0) is 30.6. The predicted octanol–water partition coefficient (Wildman–Crippen LogP) is 12.1. The summed E-state index contributed by atoms with van der Waals surface area (Å²) in [6.07, 6.45) is 36.5. The Hall–Kier alpha value is 0.557. The predicted molar refractivity (Wildman–Crippen MR) is 189 cm³/mol. The van der Waals surface area contributed by atoms with E-state index in [4.69, 9.17) is 0 Å². The molecular formula is C34H75O3PSSi. The van der Waals surface area contributed by atoms with E-state index >= 15 is 0 Å². The molecule has 0 radical (unpaired) electrons. The topological polar surface area (TPSA) is 57.2 Å². The highest BCUT2D eigenvalue weighted by molar-refractivity contribution is 7.85. The van der Waals surface area contributed by atoms with E-state index in [1.807, 2.05) is 0 Å². The average molecular weight is 623 g/mol. The Balaban J connectivity index is 0. The Kier molecular flexibility index (Phi) is 30.2. The van der Waals surface area contributed by atoms with Crippen LogP contribution in [-0.2, 0) is 10.1 Å². The fourth-order valence-corrected chi connectivity index (χ4v) is 12.8. The zero-order valence-electron chi connectivity index (χ0n) is 28.7. The maximum Gasteiger partial charge on any atom is 0.0945 e. The van der Waals surface area contributed by atoms with Crippen LogP contribution in [0.3, 0.4) is 0 Å². The SMILES string of the molecule is CCCCCCCCCCCCCCCC[P+](CCCC)(CCCC)CCCC.C[Si](C)(C)CCCS(=O)(=O)[O-]. The lowest BCUT2D eigenvalue weighted by molar-refractivity contribution is 0.462. The maximum absolute atomic E-state index is 10.2. The molecule has 0 aliphatic carbocycles. The monoisotopic (exact) mass is 622 g/mol. The van der Waals surface area contributed by atoms with Gasteiger partial charge in [0.25, 0.3) is 0 Å². The summed E-state index contributed by atoms with van der Waals surface area (Å²) in [5.74, 6) is -0.197. The van der Waals surface area contributed by atoms with Gasteiger partial charge in [0.15, 0.2) is 0 Å². The summed E-state index contributed by atoms with van der Waals surface area (Å²) in [6, 6.07) is 0.911. The van der Waals surface area contributed by atoms with Gasteiger partial charge < -0.3 is 4.55 Å². The highest BCUT2D eigenvalue weighted by Gasteiger charge is 2.34. The highest BCUT2D eigenvalue weighted by atomic mass is 32.2. The van der Waals surface area contributed by atoms with Gasteiger partial charge in [-0.25, -0.2) is 8.42 Å². The molecule has 3 nitrogen and oxygen atoms in total. The first-order chi connectivity index (χ1) is 18.9. The quantitative estimate of drug-likeness (QED) is 0.0377. The van der Waals surface area contributed by atoms with E-state index < -0.39 is 25.5 Å². The third kappa shape index (κ3) is 33.1. The molecule has 0 aliphatic heterocycles. The summed E-state index contributed by atoms with van der Waals surface area (Å²) in [4.78, 5) is 0. The summed E-state index contributed by atoms with van der Waals surface area (Å²) in [7, 11) is -5.76. The van der Waals surface area contributed by atoms with Crippen LogP contribution < -0.4 is 0 Å². The van der Waals surface area contributed by atoms with Crippen molar-refractivity contribution in [1.29, 1.82) is 0 Å². The summed E-state index contributed by atoms with van der Waals surface area (Å²) >= 11 is 0. The minimum atomic E-state index is -3.97. The van der Waals surface area contributed by atoms with E-state index in [0.717, 1.165) is 6.04 Å². The van der Waals surface area contributed by atoms with Gasteiger partial charge in [0, 0.05) is 21.1 Å². The van der Waals surface area contributed by atoms with Crippen molar-refractivity contribution in [1.82, 2.24) is 0 Å². The molecule has 0 amide bonds. The van der Waals surface area contributed by atoms with Gasteiger partial charge in [0.05, 0.1) is 34.8 Å². The first kappa shape index (κ1) is 42.7. The van der Waals surface area contributed by atoms with Crippen molar-refractivity contribution in [3.05, 3.63) is 0 Å². The Morgan fingerprint density at radius 1 is 0.475 bits per heavy atom. The fraction of sp³-hybridized carbons (Fsp3) is 1.00. The first-order valence-corrected chi connectivity index (χ1v) is 25.5. The lowest BCUT2D eigenvalue weighted by Gasteiger charge is -2.28. The van der Waals surface area contributed by atoms with Crippen molar-refractivity contribution in [2.75, 3.05) is 30.4 Å². The van der Waals surface area contributed by atoms with Gasteiger partial charge in [0.2, 0.25) is 0 Å². The van der Waals surface area contributed by atoms with E-state index in [1.165, 1.54) is 122 Å². The molecule has 6 heteroatoms. The van der Waals surface area contributed by atoms with Crippen LogP contribution in [-0.4, -0.2) is 51.4 Å². The summed E-state index contributed by atoms with van der Waals surface area (Å²) in [5.41, 5.74) is 0. The van der Waals surface area contributed by atoms with E-state index in [9.17, 15) is 13.0 Å². The molecule has 0 bridgehead atoms. The molecule has 0 spiro atoms. The van der Waals surface area contributed by atoms with Gasteiger partial charge in [0.1, 0.15) is 0 Å². The van der Waals surface area contributed by atoms with Gasteiger partial charge in [-0.05, 0) is 38.5 Å². The van der Waals surface area contributed by atoms with Crippen molar-refractivity contribution in [3.8, 4) is 0 Å². The lowest BCUT2D eigenvalue weighted by Crippen LogP contribution is -2.20. The van der Waals surface area contributed by atoms with Crippen molar-refractivity contribution in [2.45, 2.75) is 188 Å². The van der Waals surface area contributed by atoms with E-state index in [0.29, 0.717) is 6.42 Å². The molecule has 0 rings (SSSR count). The summed E-state index contributed by atoms with van der Waals surface area (Å²) in [6.45, 7) is 15.9. The van der Waals surface area contributed by atoms with Crippen LogP contribution in [0.2, 0.25) is 25.7 Å². The van der Waals surface area contributed by atoms with Gasteiger partial charge in [-0.15, -0.1) is 0 Å². The molecule has 0 fully saturated rings. The van der Waals surface area contributed by atoms with Crippen LogP contribution in [0.5, 0.6) is 0 Å². The molecule has 0 saturated heterocycles. The molecule has 0 heterocycles. The first-order valence-electron chi connectivity index (χ1n) is 17.7. The Labute approximate surface area is 256 Å². The van der Waals surface area contributed by atoms with Crippen LogP contribution in [0.1, 0.15) is 163 Å². The largest absolute Gasteiger partial charge is 0.748 e. The molecule has 0 atom stereocenters. The van der Waals surface area contributed by atoms with E-state index in [2.05, 4.69) is 47.3 Å². The second-order valence-electron chi connectivity index (χ2n) is 13.8. The Bertz CT molecular complexity index is 597. The van der Waals surface area contributed by atoms with Crippen molar-refractivity contribution in [2.24, 2.45) is 0 Å². The number of hydrogen-bond donors (Lipinski definition) is 0. The van der Waals surface area contributed by atoms with Crippen LogP contribution in [0.4, 0.5) is 0 Å². The third-order valence-electron chi connectivity index (χ3n) is 8.27. The molecule has 0 saturated carbocycles. The van der Waals surface area contributed by atoms with Crippen molar-refractivity contribution < 1.29 is 13.0 Å². The Morgan fingerprint density at radius 3 is 1.07 bits per heavy atom. The normalized spacial score (nSPS) is 12.4. The summed E-state index contributed by atoms with van der Waals surface area (Å²) in [5, 5.41) is 0. The van der Waals surface area contributed by atoms with Crippen LogP contribution in [0.25, 0.3) is 0 Å².